The van der Waals surface area contributed by atoms with Gasteiger partial charge in [0.25, 0.3) is 5.91 Å². The van der Waals surface area contributed by atoms with Crippen molar-refractivity contribution in [1.29, 1.82) is 0 Å². The van der Waals surface area contributed by atoms with E-state index in [2.05, 4.69) is 33.2 Å². The molecule has 1 unspecified atom stereocenters. The summed E-state index contributed by atoms with van der Waals surface area (Å²) < 4.78 is 0. The summed E-state index contributed by atoms with van der Waals surface area (Å²) in [4.78, 5) is 27.1. The van der Waals surface area contributed by atoms with Gasteiger partial charge in [0.1, 0.15) is 0 Å². The zero-order valence-electron chi connectivity index (χ0n) is 14.0. The summed E-state index contributed by atoms with van der Waals surface area (Å²) in [5.41, 5.74) is 2.34. The monoisotopic (exact) mass is 332 g/mol. The van der Waals surface area contributed by atoms with Gasteiger partial charge in [-0.3, -0.25) is 9.78 Å². The summed E-state index contributed by atoms with van der Waals surface area (Å²) in [5, 5.41) is 1.21. The van der Waals surface area contributed by atoms with Crippen molar-refractivity contribution in [1.82, 2.24) is 19.9 Å². The number of hydrogen-bond donors (Lipinski definition) is 0. The van der Waals surface area contributed by atoms with Crippen molar-refractivity contribution in [2.75, 3.05) is 13.1 Å². The molecule has 0 radical (unpaired) electrons. The number of aromatic nitrogens is 3. The molecule has 1 atom stereocenters. The highest BCUT2D eigenvalue weighted by atomic mass is 16.2. The molecule has 1 aromatic carbocycles. The van der Waals surface area contributed by atoms with Crippen LogP contribution < -0.4 is 0 Å². The van der Waals surface area contributed by atoms with E-state index in [-0.39, 0.29) is 11.7 Å². The molecule has 3 aromatic rings. The first kappa shape index (κ1) is 15.7. The number of likely N-dealkylation sites (tertiary alicyclic amines) is 1. The number of fused-ring (bicyclic) bond motifs is 1. The van der Waals surface area contributed by atoms with Gasteiger partial charge in [0.2, 0.25) is 5.82 Å². The Kier molecular flexibility index (Phi) is 4.37. The van der Waals surface area contributed by atoms with Gasteiger partial charge >= 0.3 is 0 Å². The van der Waals surface area contributed by atoms with Crippen LogP contribution in [0.4, 0.5) is 0 Å². The number of para-hydroxylation sites is 1. The van der Waals surface area contributed by atoms with Crippen molar-refractivity contribution >= 4 is 16.8 Å². The molecule has 126 valence electrons. The lowest BCUT2D eigenvalue weighted by Crippen LogP contribution is -2.41. The van der Waals surface area contributed by atoms with E-state index in [0.29, 0.717) is 5.92 Å². The van der Waals surface area contributed by atoms with Crippen LogP contribution in [0.15, 0.2) is 55.0 Å². The fourth-order valence-corrected chi connectivity index (χ4v) is 3.61. The minimum absolute atomic E-state index is 0.0649. The Morgan fingerprint density at radius 2 is 1.88 bits per heavy atom. The predicted molar refractivity (Wildman–Crippen MR) is 96.1 cm³/mol. The van der Waals surface area contributed by atoms with Crippen molar-refractivity contribution < 1.29 is 4.79 Å². The van der Waals surface area contributed by atoms with Gasteiger partial charge in [-0.1, -0.05) is 18.2 Å². The fraction of sp³-hybridized carbons (Fsp3) is 0.300. The zero-order valence-corrected chi connectivity index (χ0v) is 14.0. The summed E-state index contributed by atoms with van der Waals surface area (Å²) in [5.74, 6) is 0.676. The third-order valence-electron chi connectivity index (χ3n) is 4.81. The topological polar surface area (TPSA) is 59.0 Å². The second-order valence-electron chi connectivity index (χ2n) is 6.52. The van der Waals surface area contributed by atoms with Crippen molar-refractivity contribution in [3.63, 3.8) is 0 Å². The Labute approximate surface area is 146 Å². The molecule has 25 heavy (non-hydrogen) atoms. The van der Waals surface area contributed by atoms with Gasteiger partial charge in [0, 0.05) is 37.1 Å². The molecule has 1 fully saturated rings. The standard InChI is InChI=1S/C20H20N4O/c25-20(19-22-9-4-10-23-19)24-12-3-5-15(14-24)13-16-8-11-21-18-7-2-1-6-17(16)18/h1-2,4,6-11,15H,3,5,12-14H2. The van der Waals surface area contributed by atoms with Gasteiger partial charge in [-0.15, -0.1) is 0 Å². The van der Waals surface area contributed by atoms with E-state index < -0.39 is 0 Å². The normalized spacial score (nSPS) is 17.6. The Hall–Kier alpha value is -2.82. The largest absolute Gasteiger partial charge is 0.336 e. The van der Waals surface area contributed by atoms with Gasteiger partial charge in [-0.05, 0) is 48.9 Å². The van der Waals surface area contributed by atoms with E-state index in [0.717, 1.165) is 37.9 Å². The van der Waals surface area contributed by atoms with Crippen molar-refractivity contribution in [2.45, 2.75) is 19.3 Å². The van der Waals surface area contributed by atoms with Gasteiger partial charge in [0.05, 0.1) is 5.52 Å². The Morgan fingerprint density at radius 1 is 1.04 bits per heavy atom. The van der Waals surface area contributed by atoms with E-state index in [1.54, 1.807) is 18.5 Å². The van der Waals surface area contributed by atoms with Gasteiger partial charge < -0.3 is 4.90 Å². The van der Waals surface area contributed by atoms with Crippen molar-refractivity contribution in [2.24, 2.45) is 5.92 Å². The lowest BCUT2D eigenvalue weighted by Gasteiger charge is -2.32. The Morgan fingerprint density at radius 3 is 2.76 bits per heavy atom. The molecule has 5 heteroatoms. The number of pyridine rings is 1. The van der Waals surface area contributed by atoms with Crippen LogP contribution >= 0.6 is 0 Å². The predicted octanol–water partition coefficient (Wildman–Crippen LogP) is 3.12. The fourth-order valence-electron chi connectivity index (χ4n) is 3.61. The summed E-state index contributed by atoms with van der Waals surface area (Å²) in [7, 11) is 0. The second kappa shape index (κ2) is 6.97. The number of rotatable bonds is 3. The third-order valence-corrected chi connectivity index (χ3v) is 4.81. The van der Waals surface area contributed by atoms with Crippen LogP contribution in [0.2, 0.25) is 0 Å². The molecular weight excluding hydrogens is 312 g/mol. The molecule has 2 aromatic heterocycles. The highest BCUT2D eigenvalue weighted by Gasteiger charge is 2.26. The molecule has 1 amide bonds. The molecule has 1 aliphatic heterocycles. The number of hydrogen-bond acceptors (Lipinski definition) is 4. The molecule has 0 N–H and O–H groups in total. The van der Waals surface area contributed by atoms with Gasteiger partial charge in [-0.2, -0.15) is 0 Å². The average molecular weight is 332 g/mol. The van der Waals surface area contributed by atoms with Crippen molar-refractivity contribution in [3.8, 4) is 0 Å². The SMILES string of the molecule is O=C(c1ncccn1)N1CCCC(Cc2ccnc3ccccc23)C1. The maximum atomic E-state index is 12.6. The van der Waals surface area contributed by atoms with Crippen LogP contribution in [0.3, 0.4) is 0 Å². The second-order valence-corrected chi connectivity index (χ2v) is 6.52. The number of benzene rings is 1. The maximum absolute atomic E-state index is 12.6. The van der Waals surface area contributed by atoms with Crippen LogP contribution in [0.5, 0.6) is 0 Å². The van der Waals surface area contributed by atoms with E-state index in [4.69, 9.17) is 0 Å². The van der Waals surface area contributed by atoms with Crippen LogP contribution in [0.25, 0.3) is 10.9 Å². The highest BCUT2D eigenvalue weighted by Crippen LogP contribution is 2.25. The molecule has 1 saturated heterocycles. The lowest BCUT2D eigenvalue weighted by atomic mass is 9.90. The summed E-state index contributed by atoms with van der Waals surface area (Å²) in [6.07, 6.45) is 8.22. The number of amides is 1. The number of carbonyl (C=O) groups excluding carboxylic acids is 1. The number of piperidine rings is 1. The molecule has 5 nitrogen and oxygen atoms in total. The number of carbonyl (C=O) groups is 1. The van der Waals surface area contributed by atoms with Crippen molar-refractivity contribution in [3.05, 3.63) is 66.4 Å². The first-order valence-corrected chi connectivity index (χ1v) is 8.70. The van der Waals surface area contributed by atoms with Crippen LogP contribution in [-0.2, 0) is 6.42 Å². The Balaban J connectivity index is 1.51. The quantitative estimate of drug-likeness (QED) is 0.739. The summed E-state index contributed by atoms with van der Waals surface area (Å²) >= 11 is 0. The molecule has 0 spiro atoms. The Bertz CT molecular complexity index is 876. The third kappa shape index (κ3) is 3.36. The van der Waals surface area contributed by atoms with Crippen LogP contribution in [-0.4, -0.2) is 38.8 Å². The van der Waals surface area contributed by atoms with E-state index in [9.17, 15) is 4.79 Å². The lowest BCUT2D eigenvalue weighted by molar-refractivity contribution is 0.0661. The highest BCUT2D eigenvalue weighted by molar-refractivity contribution is 5.90. The summed E-state index contributed by atoms with van der Waals surface area (Å²) in [6.45, 7) is 1.54. The average Bonchev–Trinajstić information content (AvgIpc) is 2.69. The van der Waals surface area contributed by atoms with E-state index in [1.807, 2.05) is 23.2 Å². The molecule has 3 heterocycles. The minimum Gasteiger partial charge on any atom is -0.336 e. The molecule has 4 rings (SSSR count). The first-order valence-electron chi connectivity index (χ1n) is 8.70. The first-order chi connectivity index (χ1) is 12.3. The van der Waals surface area contributed by atoms with Crippen LogP contribution in [0, 0.1) is 5.92 Å². The van der Waals surface area contributed by atoms with Gasteiger partial charge in [-0.25, -0.2) is 9.97 Å². The zero-order chi connectivity index (χ0) is 17.1. The molecule has 0 bridgehead atoms. The van der Waals surface area contributed by atoms with Crippen LogP contribution in [0.1, 0.15) is 29.0 Å². The summed E-state index contributed by atoms with van der Waals surface area (Å²) in [6, 6.07) is 12.1. The minimum atomic E-state index is -0.0649. The number of nitrogens with zero attached hydrogens (tertiary/aromatic N) is 4. The van der Waals surface area contributed by atoms with E-state index in [1.165, 1.54) is 10.9 Å². The van der Waals surface area contributed by atoms with Gasteiger partial charge in [0.15, 0.2) is 0 Å². The molecule has 0 aliphatic carbocycles. The smallest absolute Gasteiger partial charge is 0.291 e. The van der Waals surface area contributed by atoms with E-state index >= 15 is 0 Å². The molecule has 0 saturated carbocycles. The molecular formula is C20H20N4O. The maximum Gasteiger partial charge on any atom is 0.291 e. The molecule has 1 aliphatic rings.